The first-order valence-electron chi connectivity index (χ1n) is 12.2. The largest absolute Gasteiger partial charge is 0.508 e. The van der Waals surface area contributed by atoms with Gasteiger partial charge in [-0.05, 0) is 77.8 Å². The Morgan fingerprint density at radius 3 is 2.53 bits per heavy atom. The standard InChI is InChI=1S/C30H34O6/c1-16(2)7-9-20-28-19(11-12-30(5,6)36-28)27(34)26-24(33)15-25(35-29(20)26)18-8-10-22(31)21(14-18)23(32)13-17(3)4/h7-8,10-14,23,25,31-32,34H,9,15H2,1-6H3. The van der Waals surface area contributed by atoms with Crippen molar-refractivity contribution in [1.29, 1.82) is 0 Å². The van der Waals surface area contributed by atoms with Crippen LogP contribution >= 0.6 is 0 Å². The number of phenolic OH excluding ortho intramolecular Hbond substituents is 2. The van der Waals surface area contributed by atoms with Gasteiger partial charge in [-0.2, -0.15) is 0 Å². The molecule has 0 bridgehead atoms. The van der Waals surface area contributed by atoms with Crippen molar-refractivity contribution in [2.24, 2.45) is 0 Å². The number of rotatable bonds is 5. The van der Waals surface area contributed by atoms with Crippen molar-refractivity contribution in [3.05, 3.63) is 75.4 Å². The Bertz CT molecular complexity index is 1300. The molecule has 0 spiro atoms. The molecule has 36 heavy (non-hydrogen) atoms. The number of benzene rings is 2. The topological polar surface area (TPSA) is 96.2 Å². The molecule has 0 fully saturated rings. The number of phenols is 2. The van der Waals surface area contributed by atoms with E-state index in [1.165, 1.54) is 6.07 Å². The summed E-state index contributed by atoms with van der Waals surface area (Å²) in [5.74, 6) is 0.412. The van der Waals surface area contributed by atoms with Crippen LogP contribution in [-0.2, 0) is 6.42 Å². The lowest BCUT2D eigenvalue weighted by molar-refractivity contribution is 0.0839. The average Bonchev–Trinajstić information content (AvgIpc) is 2.77. The van der Waals surface area contributed by atoms with E-state index in [4.69, 9.17) is 9.47 Å². The van der Waals surface area contributed by atoms with Gasteiger partial charge in [-0.15, -0.1) is 0 Å². The number of Topliss-reactive ketones (excluding diaryl/α,β-unsaturated/α-hetero) is 1. The van der Waals surface area contributed by atoms with Gasteiger partial charge in [-0.1, -0.05) is 29.4 Å². The first-order valence-corrected chi connectivity index (χ1v) is 12.2. The zero-order valence-corrected chi connectivity index (χ0v) is 21.7. The maximum atomic E-state index is 13.4. The molecule has 2 aliphatic rings. The average molecular weight is 491 g/mol. The highest BCUT2D eigenvalue weighted by Crippen LogP contribution is 2.51. The van der Waals surface area contributed by atoms with Gasteiger partial charge in [-0.25, -0.2) is 0 Å². The molecule has 4 rings (SSSR count). The quantitative estimate of drug-likeness (QED) is 0.414. The minimum absolute atomic E-state index is 0.0143. The number of aliphatic hydroxyl groups excluding tert-OH is 1. The van der Waals surface area contributed by atoms with E-state index >= 15 is 0 Å². The molecule has 2 aromatic carbocycles. The number of allylic oxidation sites excluding steroid dienone is 3. The molecule has 0 saturated heterocycles. The molecular weight excluding hydrogens is 456 g/mol. The third-order valence-corrected chi connectivity index (χ3v) is 6.39. The first kappa shape index (κ1) is 25.6. The number of hydrogen-bond acceptors (Lipinski definition) is 6. The summed E-state index contributed by atoms with van der Waals surface area (Å²) in [4.78, 5) is 13.4. The molecule has 0 amide bonds. The third-order valence-electron chi connectivity index (χ3n) is 6.39. The van der Waals surface area contributed by atoms with Gasteiger partial charge in [0.2, 0.25) is 0 Å². The lowest BCUT2D eigenvalue weighted by atomic mass is 9.88. The van der Waals surface area contributed by atoms with Crippen molar-refractivity contribution in [2.75, 3.05) is 0 Å². The van der Waals surface area contributed by atoms with Crippen LogP contribution in [0.4, 0.5) is 0 Å². The molecule has 190 valence electrons. The van der Waals surface area contributed by atoms with E-state index < -0.39 is 17.8 Å². The summed E-state index contributed by atoms with van der Waals surface area (Å²) in [7, 11) is 0. The van der Waals surface area contributed by atoms with Crippen LogP contribution in [0.15, 0.2) is 47.6 Å². The summed E-state index contributed by atoms with van der Waals surface area (Å²) in [6.45, 7) is 11.6. The molecule has 0 aliphatic carbocycles. The van der Waals surface area contributed by atoms with E-state index in [1.807, 2.05) is 53.7 Å². The van der Waals surface area contributed by atoms with Crippen LogP contribution in [-0.4, -0.2) is 26.7 Å². The zero-order chi connectivity index (χ0) is 26.4. The van der Waals surface area contributed by atoms with E-state index in [9.17, 15) is 20.1 Å². The van der Waals surface area contributed by atoms with Gasteiger partial charge in [-0.3, -0.25) is 4.79 Å². The highest BCUT2D eigenvalue weighted by Gasteiger charge is 2.38. The van der Waals surface area contributed by atoms with E-state index in [0.717, 1.165) is 11.1 Å². The Morgan fingerprint density at radius 1 is 1.14 bits per heavy atom. The van der Waals surface area contributed by atoms with E-state index in [1.54, 1.807) is 24.3 Å². The van der Waals surface area contributed by atoms with Gasteiger partial charge >= 0.3 is 0 Å². The Morgan fingerprint density at radius 2 is 1.86 bits per heavy atom. The molecule has 2 aliphatic heterocycles. The number of carbonyl (C=O) groups is 1. The smallest absolute Gasteiger partial charge is 0.174 e. The molecule has 0 saturated carbocycles. The summed E-state index contributed by atoms with van der Waals surface area (Å²) in [5.41, 5.74) is 3.77. The second-order valence-corrected chi connectivity index (χ2v) is 10.5. The van der Waals surface area contributed by atoms with Crippen molar-refractivity contribution in [1.82, 2.24) is 0 Å². The van der Waals surface area contributed by atoms with Gasteiger partial charge in [0.1, 0.15) is 46.4 Å². The van der Waals surface area contributed by atoms with Crippen molar-refractivity contribution in [3.8, 4) is 23.0 Å². The predicted molar refractivity (Wildman–Crippen MR) is 140 cm³/mol. The van der Waals surface area contributed by atoms with Crippen LogP contribution < -0.4 is 9.47 Å². The van der Waals surface area contributed by atoms with Crippen molar-refractivity contribution >= 4 is 11.9 Å². The molecule has 2 unspecified atom stereocenters. The van der Waals surface area contributed by atoms with E-state index in [0.29, 0.717) is 40.2 Å². The monoisotopic (exact) mass is 490 g/mol. The Hall–Kier alpha value is -3.51. The van der Waals surface area contributed by atoms with Crippen LogP contribution in [0.1, 0.15) is 92.8 Å². The maximum absolute atomic E-state index is 13.4. The molecule has 6 heteroatoms. The molecule has 2 atom stereocenters. The first-order chi connectivity index (χ1) is 16.9. The summed E-state index contributed by atoms with van der Waals surface area (Å²) in [5, 5.41) is 32.0. The van der Waals surface area contributed by atoms with Crippen molar-refractivity contribution in [2.45, 2.75) is 72.2 Å². The number of aromatic hydroxyl groups is 2. The second kappa shape index (κ2) is 9.51. The minimum atomic E-state index is -0.992. The number of ether oxygens (including phenoxy) is 2. The van der Waals surface area contributed by atoms with Crippen LogP contribution in [0, 0.1) is 0 Å². The molecule has 0 radical (unpaired) electrons. The number of ketones is 1. The van der Waals surface area contributed by atoms with Gasteiger partial charge in [0.15, 0.2) is 5.78 Å². The fraction of sp³-hybridized carbons (Fsp3) is 0.367. The molecule has 0 aromatic heterocycles. The van der Waals surface area contributed by atoms with E-state index in [2.05, 4.69) is 0 Å². The lowest BCUT2D eigenvalue weighted by Crippen LogP contribution is -2.29. The minimum Gasteiger partial charge on any atom is -0.508 e. The Kier molecular flexibility index (Phi) is 6.76. The SMILES string of the molecule is CC(C)=CCc1c2c(c(O)c3c1OC(c1ccc(O)c(C(O)C=C(C)C)c1)CC3=O)C=CC(C)(C)O2. The second-order valence-electron chi connectivity index (χ2n) is 10.5. The van der Waals surface area contributed by atoms with Crippen LogP contribution in [0.25, 0.3) is 6.08 Å². The molecule has 2 aromatic rings. The fourth-order valence-corrected chi connectivity index (χ4v) is 4.55. The van der Waals surface area contributed by atoms with Gasteiger partial charge in [0, 0.05) is 11.1 Å². The highest BCUT2D eigenvalue weighted by atomic mass is 16.5. The fourth-order valence-electron chi connectivity index (χ4n) is 4.55. The van der Waals surface area contributed by atoms with Crippen LogP contribution in [0.2, 0.25) is 0 Å². The zero-order valence-electron chi connectivity index (χ0n) is 21.7. The summed E-state index contributed by atoms with van der Waals surface area (Å²) < 4.78 is 12.7. The summed E-state index contributed by atoms with van der Waals surface area (Å²) in [6.07, 6.45) is 6.18. The van der Waals surface area contributed by atoms with Crippen molar-refractivity contribution in [3.63, 3.8) is 0 Å². The molecule has 3 N–H and O–H groups in total. The third kappa shape index (κ3) is 4.91. The van der Waals surface area contributed by atoms with Crippen LogP contribution in [0.3, 0.4) is 0 Å². The number of carbonyl (C=O) groups excluding carboxylic acids is 1. The van der Waals surface area contributed by atoms with Gasteiger partial charge < -0.3 is 24.8 Å². The Balaban J connectivity index is 1.84. The molecule has 2 heterocycles. The number of aliphatic hydroxyl groups is 1. The van der Waals surface area contributed by atoms with Crippen LogP contribution in [0.5, 0.6) is 23.0 Å². The number of fused-ring (bicyclic) bond motifs is 2. The van der Waals surface area contributed by atoms with Crippen molar-refractivity contribution < 1.29 is 29.6 Å². The maximum Gasteiger partial charge on any atom is 0.174 e. The van der Waals surface area contributed by atoms with Gasteiger partial charge in [0.05, 0.1) is 12.0 Å². The normalized spacial score (nSPS) is 18.3. The van der Waals surface area contributed by atoms with Gasteiger partial charge in [0.25, 0.3) is 0 Å². The number of hydrogen-bond donors (Lipinski definition) is 3. The predicted octanol–water partition coefficient (Wildman–Crippen LogP) is 6.50. The lowest BCUT2D eigenvalue weighted by Gasteiger charge is -2.34. The summed E-state index contributed by atoms with van der Waals surface area (Å²) >= 11 is 0. The summed E-state index contributed by atoms with van der Waals surface area (Å²) in [6, 6.07) is 4.85. The van der Waals surface area contributed by atoms with E-state index in [-0.39, 0.29) is 29.3 Å². The molecule has 6 nitrogen and oxygen atoms in total. The Labute approximate surface area is 212 Å². The molecular formula is C30H34O6. The highest BCUT2D eigenvalue weighted by molar-refractivity contribution is 6.05.